The molecule has 11 heavy (non-hydrogen) atoms. The van der Waals surface area contributed by atoms with E-state index in [4.69, 9.17) is 0 Å². The first kappa shape index (κ1) is 8.62. The van der Waals surface area contributed by atoms with Crippen LogP contribution in [0.1, 0.15) is 0 Å². The Labute approximate surface area is 78.2 Å². The van der Waals surface area contributed by atoms with Crippen molar-refractivity contribution >= 4 is 50.4 Å². The Bertz CT molecular complexity index is 228. The van der Waals surface area contributed by atoms with Gasteiger partial charge in [-0.25, -0.2) is 25.0 Å². The molecule has 8 heteroatoms. The fraction of sp³-hybridized carbons (Fsp3) is 0. The number of quaternary nitrogens is 1. The summed E-state index contributed by atoms with van der Waals surface area (Å²) in [5, 5.41) is 3.74. The minimum absolute atomic E-state index is 0.793. The molecule has 1 heterocycles. The third-order valence-corrected chi connectivity index (χ3v) is 2.24. The van der Waals surface area contributed by atoms with Crippen LogP contribution in [0, 0.1) is 0 Å². The molecule has 6 nitrogen and oxygen atoms in total. The third kappa shape index (κ3) is 1.42. The van der Waals surface area contributed by atoms with Gasteiger partial charge in [-0.3, -0.25) is 0 Å². The van der Waals surface area contributed by atoms with E-state index in [1.807, 2.05) is 10.6 Å². The highest BCUT2D eigenvalue weighted by Crippen LogP contribution is 2.24. The van der Waals surface area contributed by atoms with Gasteiger partial charge in [-0.2, -0.15) is 0 Å². The second-order valence-corrected chi connectivity index (χ2v) is 4.78. The smallest absolute Gasteiger partial charge is 0.248 e. The molecule has 1 rings (SSSR count). The lowest BCUT2D eigenvalue weighted by atomic mass is 10.7. The molecule has 0 radical (unpaired) electrons. The number of imide groups is 3. The highest BCUT2D eigenvalue weighted by Gasteiger charge is 2.49. The fourth-order valence-electron chi connectivity index (χ4n) is 0.458. The maximum absolute atomic E-state index is 10.8. The number of halogens is 2. The van der Waals surface area contributed by atoms with Crippen LogP contribution in [0.4, 0.5) is 14.4 Å². The lowest BCUT2D eigenvalue weighted by Crippen LogP contribution is -2.62. The summed E-state index contributed by atoms with van der Waals surface area (Å²) in [5.74, 6) is 0. The lowest BCUT2D eigenvalue weighted by Gasteiger charge is -2.19. The van der Waals surface area contributed by atoms with E-state index in [2.05, 4.69) is 32.3 Å². The zero-order chi connectivity index (χ0) is 8.65. The van der Waals surface area contributed by atoms with Crippen LogP contribution in [0.3, 0.4) is 0 Å². The number of urea groups is 3. The first-order valence-electron chi connectivity index (χ1n) is 2.40. The van der Waals surface area contributed by atoms with Gasteiger partial charge in [0.05, 0.1) is 0 Å². The van der Waals surface area contributed by atoms with Gasteiger partial charge < -0.3 is 0 Å². The molecule has 1 fully saturated rings. The van der Waals surface area contributed by atoms with Crippen LogP contribution in [0.25, 0.3) is 0 Å². The molecule has 6 amide bonds. The van der Waals surface area contributed by atoms with Crippen molar-refractivity contribution < 1.29 is 16.9 Å². The lowest BCUT2D eigenvalue weighted by molar-refractivity contribution is -0.414. The maximum Gasteiger partial charge on any atom is 0.454 e. The molecular weight excluding hydrogens is 286 g/mol. The molecule has 1 saturated heterocycles. The third-order valence-electron chi connectivity index (χ3n) is 0.951. The molecule has 1 aliphatic heterocycles. The van der Waals surface area contributed by atoms with Crippen LogP contribution < -0.4 is 10.6 Å². The number of nitrogens with zero attached hydrogens (tertiary/aromatic N) is 1. The van der Waals surface area contributed by atoms with Gasteiger partial charge in [-0.1, -0.05) is 0 Å². The molecule has 0 aromatic heterocycles. The summed E-state index contributed by atoms with van der Waals surface area (Å²) < 4.78 is -0.883. The summed E-state index contributed by atoms with van der Waals surface area (Å²) >= 11 is 5.46. The summed E-state index contributed by atoms with van der Waals surface area (Å²) in [7, 11) is 0. The topological polar surface area (TPSA) is 75.3 Å². The largest absolute Gasteiger partial charge is 0.454 e. The number of carbonyl (C=O) groups excluding carboxylic acids is 3. The van der Waals surface area contributed by atoms with Crippen molar-refractivity contribution in [3.05, 3.63) is 0 Å². The number of hydrogen-bond donors (Lipinski definition) is 2. The van der Waals surface area contributed by atoms with Gasteiger partial charge in [0.2, 0.25) is 0 Å². The molecule has 0 aromatic carbocycles. The summed E-state index contributed by atoms with van der Waals surface area (Å²) in [6.45, 7) is 0. The maximum atomic E-state index is 10.8. The van der Waals surface area contributed by atoms with E-state index in [-0.39, 0.29) is 0 Å². The Hall–Kier alpha value is -0.470. The molecule has 1 aliphatic rings. The van der Waals surface area contributed by atoms with Gasteiger partial charge >= 0.3 is 18.1 Å². The Kier molecular flexibility index (Phi) is 1.99. The first-order chi connectivity index (χ1) is 4.94. The molecule has 0 saturated carbocycles. The van der Waals surface area contributed by atoms with E-state index in [1.165, 1.54) is 0 Å². The van der Waals surface area contributed by atoms with E-state index < -0.39 is 20.6 Å². The zero-order valence-electron chi connectivity index (χ0n) is 4.93. The van der Waals surface area contributed by atoms with Crippen LogP contribution in [-0.2, 0) is 0 Å². The quantitative estimate of drug-likeness (QED) is 0.652. The summed E-state index contributed by atoms with van der Waals surface area (Å²) in [6.07, 6.45) is 0. The van der Waals surface area contributed by atoms with Gasteiger partial charge in [0, 0.05) is 0 Å². The summed E-state index contributed by atoms with van der Waals surface area (Å²) in [6, 6.07) is -2.41. The molecule has 0 bridgehead atoms. The zero-order valence-corrected chi connectivity index (χ0v) is 8.10. The fourth-order valence-corrected chi connectivity index (χ4v) is 0.813. The monoisotopic (exact) mass is 286 g/mol. The van der Waals surface area contributed by atoms with Crippen molar-refractivity contribution in [1.82, 2.24) is 10.6 Å². The second kappa shape index (κ2) is 2.54. The first-order valence-corrected chi connectivity index (χ1v) is 3.82. The standard InChI is InChI=1S/C3HBr2N3O3/c4-8(5)2(10)6-1(9)7-3(8)11/h(H-,6,7,9,10,11)/p+1. The Morgan fingerprint density at radius 2 is 1.36 bits per heavy atom. The summed E-state index contributed by atoms with van der Waals surface area (Å²) in [4.78, 5) is 32.1. The Morgan fingerprint density at radius 1 is 1.00 bits per heavy atom. The highest BCUT2D eigenvalue weighted by atomic mass is 79.9. The van der Waals surface area contributed by atoms with Crippen LogP contribution in [0.2, 0.25) is 0 Å². The second-order valence-electron chi connectivity index (χ2n) is 1.70. The summed E-state index contributed by atoms with van der Waals surface area (Å²) in [5.41, 5.74) is 0. The van der Waals surface area contributed by atoms with E-state index in [0.29, 0.717) is 0 Å². The van der Waals surface area contributed by atoms with Gasteiger partial charge in [-0.15, -0.1) is 0 Å². The molecule has 0 spiro atoms. The predicted molar refractivity (Wildman–Crippen MR) is 40.6 cm³/mol. The van der Waals surface area contributed by atoms with Gasteiger partial charge in [-0.05, 0) is 2.54 Å². The van der Waals surface area contributed by atoms with E-state index in [9.17, 15) is 14.4 Å². The number of nitrogens with one attached hydrogen (secondary N) is 2. The molecule has 0 atom stereocenters. The van der Waals surface area contributed by atoms with Gasteiger partial charge in [0.25, 0.3) is 32.3 Å². The molecule has 2 N–H and O–H groups in total. The van der Waals surface area contributed by atoms with E-state index in [1.54, 1.807) is 0 Å². The SMILES string of the molecule is O=C1NC(=O)[N+](Br)(Br)C(=O)N1. The van der Waals surface area contributed by atoms with Crippen molar-refractivity contribution in [1.29, 1.82) is 0 Å². The highest BCUT2D eigenvalue weighted by molar-refractivity contribution is 9.17. The number of amides is 6. The molecule has 0 aromatic rings. The number of carbonyl (C=O) groups is 3. The van der Waals surface area contributed by atoms with Crippen molar-refractivity contribution in [2.75, 3.05) is 0 Å². The molecule has 0 aliphatic carbocycles. The molecule has 60 valence electrons. The minimum atomic E-state index is -0.883. The molecular formula is C3H2Br2N3O3+. The van der Waals surface area contributed by atoms with Crippen molar-refractivity contribution in [2.24, 2.45) is 0 Å². The van der Waals surface area contributed by atoms with Crippen LogP contribution in [0.15, 0.2) is 0 Å². The number of hydrogen-bond acceptors (Lipinski definition) is 3. The number of rotatable bonds is 0. The van der Waals surface area contributed by atoms with E-state index in [0.717, 1.165) is 0 Å². The minimum Gasteiger partial charge on any atom is -0.248 e. The van der Waals surface area contributed by atoms with Crippen molar-refractivity contribution in [3.8, 4) is 0 Å². The van der Waals surface area contributed by atoms with Crippen LogP contribution in [-0.4, -0.2) is 20.6 Å². The van der Waals surface area contributed by atoms with Crippen LogP contribution in [0.5, 0.6) is 0 Å². The van der Waals surface area contributed by atoms with Crippen LogP contribution >= 0.6 is 32.3 Å². The van der Waals surface area contributed by atoms with Crippen molar-refractivity contribution in [2.45, 2.75) is 0 Å². The Balaban J connectivity index is 2.93. The van der Waals surface area contributed by atoms with Crippen molar-refractivity contribution in [3.63, 3.8) is 0 Å². The molecule has 0 unspecified atom stereocenters. The van der Waals surface area contributed by atoms with Gasteiger partial charge in [0.15, 0.2) is 0 Å². The van der Waals surface area contributed by atoms with E-state index >= 15 is 0 Å². The average Bonchev–Trinajstić information content (AvgIpc) is 1.84. The normalized spacial score (nSPS) is 22.5. The predicted octanol–water partition coefficient (Wildman–Crippen LogP) is 0.976. The average molecular weight is 288 g/mol. The van der Waals surface area contributed by atoms with Gasteiger partial charge in [0.1, 0.15) is 0 Å². The Morgan fingerprint density at radius 3 is 1.73 bits per heavy atom.